The normalized spacial score (nSPS) is 20.3. The van der Waals surface area contributed by atoms with E-state index in [-0.39, 0.29) is 38.0 Å². The van der Waals surface area contributed by atoms with E-state index in [1.54, 1.807) is 24.1 Å². The van der Waals surface area contributed by atoms with Gasteiger partial charge in [-0.05, 0) is 43.5 Å². The molecule has 0 aliphatic carbocycles. The Balaban J connectivity index is 1.44. The lowest BCUT2D eigenvalue weighted by Crippen LogP contribution is -2.59. The standard InChI is InChI=1S/C27H34N2O6/c1-32-23-12-6-7-13-24(23)33-19-26(31)29-16-17-35-27(20-29,21-34-22-10-4-2-5-11-22)18-25(30)28-14-8-3-9-15-28/h2,4-7,10-13H,3,8-9,14-21H2,1H3. The zero-order valence-corrected chi connectivity index (χ0v) is 20.3. The van der Waals surface area contributed by atoms with Gasteiger partial charge in [-0.15, -0.1) is 0 Å². The zero-order chi connectivity index (χ0) is 24.5. The highest BCUT2D eigenvalue weighted by molar-refractivity contribution is 5.79. The largest absolute Gasteiger partial charge is 0.493 e. The first-order valence-electron chi connectivity index (χ1n) is 12.2. The number of carbonyl (C=O) groups is 2. The molecule has 35 heavy (non-hydrogen) atoms. The number of hydrogen-bond donors (Lipinski definition) is 0. The van der Waals surface area contributed by atoms with E-state index in [0.717, 1.165) is 32.4 Å². The number of carbonyl (C=O) groups excluding carboxylic acids is 2. The molecule has 188 valence electrons. The van der Waals surface area contributed by atoms with E-state index in [2.05, 4.69) is 0 Å². The summed E-state index contributed by atoms with van der Waals surface area (Å²) in [6, 6.07) is 16.7. The number of benzene rings is 2. The van der Waals surface area contributed by atoms with Crippen LogP contribution < -0.4 is 14.2 Å². The molecular formula is C27H34N2O6. The zero-order valence-electron chi connectivity index (χ0n) is 20.3. The fraction of sp³-hybridized carbons (Fsp3) is 0.481. The molecule has 0 N–H and O–H groups in total. The SMILES string of the molecule is COc1ccccc1OCC(=O)N1CCOC(COc2ccccc2)(CC(=O)N2CCCCC2)C1. The fourth-order valence-electron chi connectivity index (χ4n) is 4.53. The maximum absolute atomic E-state index is 13.2. The van der Waals surface area contributed by atoms with Gasteiger partial charge in [0.15, 0.2) is 18.1 Å². The first kappa shape index (κ1) is 24.9. The second-order valence-electron chi connectivity index (χ2n) is 9.01. The molecule has 0 bridgehead atoms. The Morgan fingerprint density at radius 2 is 1.57 bits per heavy atom. The lowest BCUT2D eigenvalue weighted by molar-refractivity contribution is -0.167. The van der Waals surface area contributed by atoms with Crippen LogP contribution in [0.5, 0.6) is 17.2 Å². The van der Waals surface area contributed by atoms with Crippen LogP contribution in [0.1, 0.15) is 25.7 Å². The number of rotatable bonds is 9. The van der Waals surface area contributed by atoms with Gasteiger partial charge in [0.1, 0.15) is 18.0 Å². The Bertz CT molecular complexity index is 979. The second kappa shape index (κ2) is 11.9. The van der Waals surface area contributed by atoms with Crippen LogP contribution in [0.15, 0.2) is 54.6 Å². The van der Waals surface area contributed by atoms with Crippen molar-refractivity contribution in [1.82, 2.24) is 9.80 Å². The number of hydrogen-bond acceptors (Lipinski definition) is 6. The molecule has 2 saturated heterocycles. The van der Waals surface area contributed by atoms with Gasteiger partial charge in [-0.3, -0.25) is 9.59 Å². The number of nitrogens with zero attached hydrogens (tertiary/aromatic N) is 2. The minimum absolute atomic E-state index is 0.0425. The van der Waals surface area contributed by atoms with Gasteiger partial charge in [0.2, 0.25) is 5.91 Å². The van der Waals surface area contributed by atoms with Crippen molar-refractivity contribution >= 4 is 11.8 Å². The predicted octanol–water partition coefficient (Wildman–Crippen LogP) is 3.15. The van der Waals surface area contributed by atoms with E-state index < -0.39 is 5.60 Å². The summed E-state index contributed by atoms with van der Waals surface area (Å²) in [6.07, 6.45) is 3.35. The first-order chi connectivity index (χ1) is 17.1. The minimum atomic E-state index is -0.928. The lowest BCUT2D eigenvalue weighted by Gasteiger charge is -2.43. The number of methoxy groups -OCH3 is 1. The highest BCUT2D eigenvalue weighted by atomic mass is 16.5. The molecule has 8 nitrogen and oxygen atoms in total. The molecule has 0 aromatic heterocycles. The first-order valence-corrected chi connectivity index (χ1v) is 12.2. The van der Waals surface area contributed by atoms with Crippen molar-refractivity contribution in [3.8, 4) is 17.2 Å². The Morgan fingerprint density at radius 1 is 0.857 bits per heavy atom. The van der Waals surface area contributed by atoms with Crippen molar-refractivity contribution < 1.29 is 28.5 Å². The highest BCUT2D eigenvalue weighted by Gasteiger charge is 2.42. The van der Waals surface area contributed by atoms with Gasteiger partial charge in [-0.25, -0.2) is 0 Å². The molecule has 1 unspecified atom stereocenters. The Labute approximate surface area is 206 Å². The van der Waals surface area contributed by atoms with E-state index in [1.807, 2.05) is 47.4 Å². The molecule has 2 amide bonds. The quantitative estimate of drug-likeness (QED) is 0.547. The molecule has 0 saturated carbocycles. The molecule has 0 radical (unpaired) electrons. The summed E-state index contributed by atoms with van der Waals surface area (Å²) in [6.45, 7) is 2.59. The van der Waals surface area contributed by atoms with Crippen molar-refractivity contribution in [2.75, 3.05) is 53.1 Å². The molecule has 2 aliphatic rings. The van der Waals surface area contributed by atoms with Crippen LogP contribution in [-0.4, -0.2) is 80.3 Å². The molecular weight excluding hydrogens is 448 g/mol. The van der Waals surface area contributed by atoms with Crippen molar-refractivity contribution in [3.63, 3.8) is 0 Å². The van der Waals surface area contributed by atoms with Crippen molar-refractivity contribution in [2.45, 2.75) is 31.3 Å². The van der Waals surface area contributed by atoms with Crippen LogP contribution >= 0.6 is 0 Å². The third-order valence-corrected chi connectivity index (χ3v) is 6.45. The summed E-state index contributed by atoms with van der Waals surface area (Å²) < 4.78 is 23.3. The number of likely N-dealkylation sites (tertiary alicyclic amines) is 1. The summed E-state index contributed by atoms with van der Waals surface area (Å²) >= 11 is 0. The van der Waals surface area contributed by atoms with Gasteiger partial charge < -0.3 is 28.7 Å². The van der Waals surface area contributed by atoms with Gasteiger partial charge in [-0.1, -0.05) is 30.3 Å². The monoisotopic (exact) mass is 482 g/mol. The van der Waals surface area contributed by atoms with Crippen LogP contribution in [0.3, 0.4) is 0 Å². The van der Waals surface area contributed by atoms with Crippen molar-refractivity contribution in [2.24, 2.45) is 0 Å². The molecule has 2 aliphatic heterocycles. The molecule has 0 spiro atoms. The smallest absolute Gasteiger partial charge is 0.260 e. The number of amides is 2. The Hall–Kier alpha value is -3.26. The minimum Gasteiger partial charge on any atom is -0.493 e. The summed E-state index contributed by atoms with van der Waals surface area (Å²) in [5, 5.41) is 0. The second-order valence-corrected chi connectivity index (χ2v) is 9.01. The maximum Gasteiger partial charge on any atom is 0.260 e. The summed E-state index contributed by atoms with van der Waals surface area (Å²) in [5.41, 5.74) is -0.928. The summed E-state index contributed by atoms with van der Waals surface area (Å²) in [5.74, 6) is 1.65. The van der Waals surface area contributed by atoms with E-state index in [9.17, 15) is 9.59 Å². The Morgan fingerprint density at radius 3 is 2.31 bits per heavy atom. The third-order valence-electron chi connectivity index (χ3n) is 6.45. The van der Waals surface area contributed by atoms with Crippen molar-refractivity contribution in [1.29, 1.82) is 0 Å². The predicted molar refractivity (Wildman–Crippen MR) is 131 cm³/mol. The maximum atomic E-state index is 13.2. The molecule has 8 heteroatoms. The van der Waals surface area contributed by atoms with Crippen LogP contribution in [0, 0.1) is 0 Å². The van der Waals surface area contributed by atoms with Gasteiger partial charge in [0, 0.05) is 19.6 Å². The molecule has 1 atom stereocenters. The van der Waals surface area contributed by atoms with E-state index in [1.165, 1.54) is 0 Å². The molecule has 2 heterocycles. The number of piperidine rings is 1. The summed E-state index contributed by atoms with van der Waals surface area (Å²) in [4.78, 5) is 29.9. The van der Waals surface area contributed by atoms with Gasteiger partial charge in [0.25, 0.3) is 5.91 Å². The van der Waals surface area contributed by atoms with Crippen LogP contribution in [0.4, 0.5) is 0 Å². The van der Waals surface area contributed by atoms with Gasteiger partial charge in [-0.2, -0.15) is 0 Å². The number of para-hydroxylation sites is 3. The van der Waals surface area contributed by atoms with Crippen LogP contribution in [0.2, 0.25) is 0 Å². The van der Waals surface area contributed by atoms with Crippen molar-refractivity contribution in [3.05, 3.63) is 54.6 Å². The fourth-order valence-corrected chi connectivity index (χ4v) is 4.53. The lowest BCUT2D eigenvalue weighted by atomic mass is 9.96. The summed E-state index contributed by atoms with van der Waals surface area (Å²) in [7, 11) is 1.56. The highest BCUT2D eigenvalue weighted by Crippen LogP contribution is 2.28. The number of ether oxygens (including phenoxy) is 4. The van der Waals surface area contributed by atoms with Crippen LogP contribution in [0.25, 0.3) is 0 Å². The van der Waals surface area contributed by atoms with Gasteiger partial charge in [0.05, 0.1) is 26.7 Å². The van der Waals surface area contributed by atoms with Crippen LogP contribution in [-0.2, 0) is 14.3 Å². The molecule has 2 aromatic carbocycles. The molecule has 2 aromatic rings. The average molecular weight is 483 g/mol. The number of morpholine rings is 1. The van der Waals surface area contributed by atoms with Gasteiger partial charge >= 0.3 is 0 Å². The van der Waals surface area contributed by atoms with E-state index in [4.69, 9.17) is 18.9 Å². The van der Waals surface area contributed by atoms with E-state index in [0.29, 0.717) is 30.4 Å². The topological polar surface area (TPSA) is 77.5 Å². The molecule has 4 rings (SSSR count). The molecule has 2 fully saturated rings. The third kappa shape index (κ3) is 6.66. The Kier molecular flexibility index (Phi) is 8.47. The average Bonchev–Trinajstić information content (AvgIpc) is 2.92. The van der Waals surface area contributed by atoms with E-state index >= 15 is 0 Å².